The van der Waals surface area contributed by atoms with E-state index in [-0.39, 0.29) is 18.3 Å². The number of aromatic nitrogens is 2. The molecule has 0 spiro atoms. The van der Waals surface area contributed by atoms with Crippen LogP contribution in [0.25, 0.3) is 0 Å². The molecular formula is C15H27ClN4O2. The summed E-state index contributed by atoms with van der Waals surface area (Å²) >= 11 is 0. The summed E-state index contributed by atoms with van der Waals surface area (Å²) in [6, 6.07) is 0.337. The molecule has 22 heavy (non-hydrogen) atoms. The third kappa shape index (κ3) is 4.95. The van der Waals surface area contributed by atoms with E-state index in [1.54, 1.807) is 0 Å². The molecule has 0 bridgehead atoms. The zero-order valence-electron chi connectivity index (χ0n) is 13.7. The molecule has 1 aliphatic heterocycles. The minimum absolute atomic E-state index is 0. The van der Waals surface area contributed by atoms with E-state index in [9.17, 15) is 4.79 Å². The molecule has 1 aromatic heterocycles. The number of hydrogen-bond acceptors (Lipinski definition) is 5. The van der Waals surface area contributed by atoms with Crippen molar-refractivity contribution in [1.29, 1.82) is 0 Å². The van der Waals surface area contributed by atoms with Crippen molar-refractivity contribution in [2.45, 2.75) is 57.9 Å². The molecule has 0 radical (unpaired) electrons. The van der Waals surface area contributed by atoms with Gasteiger partial charge in [0.25, 0.3) is 0 Å². The van der Waals surface area contributed by atoms with Crippen LogP contribution in [-0.4, -0.2) is 47.1 Å². The van der Waals surface area contributed by atoms with Crippen molar-refractivity contribution in [2.75, 3.05) is 20.1 Å². The van der Waals surface area contributed by atoms with Gasteiger partial charge in [-0.05, 0) is 33.2 Å². The average molecular weight is 331 g/mol. The highest BCUT2D eigenvalue weighted by Gasteiger charge is 2.27. The Morgan fingerprint density at radius 3 is 2.73 bits per heavy atom. The fraction of sp³-hybridized carbons (Fsp3) is 0.800. The van der Waals surface area contributed by atoms with Crippen LogP contribution in [0.2, 0.25) is 0 Å². The molecule has 2 rings (SSSR count). The lowest BCUT2D eigenvalue weighted by atomic mass is 9.96. The molecule has 1 unspecified atom stereocenters. The van der Waals surface area contributed by atoms with E-state index in [0.29, 0.717) is 18.4 Å². The minimum atomic E-state index is 0. The van der Waals surface area contributed by atoms with Gasteiger partial charge in [-0.1, -0.05) is 12.1 Å². The van der Waals surface area contributed by atoms with Gasteiger partial charge in [-0.2, -0.15) is 4.98 Å². The van der Waals surface area contributed by atoms with Gasteiger partial charge in [0.05, 0.1) is 0 Å². The second-order valence-electron chi connectivity index (χ2n) is 5.85. The van der Waals surface area contributed by atoms with Crippen LogP contribution in [0.5, 0.6) is 0 Å². The number of hydrogen-bond donors (Lipinski definition) is 1. The minimum Gasteiger partial charge on any atom is -0.343 e. The Balaban J connectivity index is 0.00000242. The second-order valence-corrected chi connectivity index (χ2v) is 5.85. The van der Waals surface area contributed by atoms with E-state index in [4.69, 9.17) is 4.52 Å². The third-order valence-electron chi connectivity index (χ3n) is 4.13. The SMILES string of the molecule is CCCC(=O)N1CCC(c2nc(CC(C)NC)no2)CC1.Cl. The summed E-state index contributed by atoms with van der Waals surface area (Å²) in [6.45, 7) is 5.73. The molecular weight excluding hydrogens is 304 g/mol. The zero-order chi connectivity index (χ0) is 15.2. The van der Waals surface area contributed by atoms with E-state index >= 15 is 0 Å². The predicted octanol–water partition coefficient (Wildman–Crippen LogP) is 2.15. The first-order valence-electron chi connectivity index (χ1n) is 7.91. The van der Waals surface area contributed by atoms with E-state index < -0.39 is 0 Å². The molecule has 1 N–H and O–H groups in total. The number of nitrogens with zero attached hydrogens (tertiary/aromatic N) is 3. The summed E-state index contributed by atoms with van der Waals surface area (Å²) in [5.41, 5.74) is 0. The number of likely N-dealkylation sites (tertiary alicyclic amines) is 1. The lowest BCUT2D eigenvalue weighted by molar-refractivity contribution is -0.132. The molecule has 1 atom stereocenters. The van der Waals surface area contributed by atoms with E-state index in [1.165, 1.54) is 0 Å². The van der Waals surface area contributed by atoms with Crippen molar-refractivity contribution in [3.8, 4) is 0 Å². The maximum atomic E-state index is 11.9. The molecule has 126 valence electrons. The molecule has 6 nitrogen and oxygen atoms in total. The number of likely N-dealkylation sites (N-methyl/N-ethyl adjacent to an activating group) is 1. The Bertz CT molecular complexity index is 458. The Kier molecular flexibility index (Phi) is 7.82. The highest BCUT2D eigenvalue weighted by atomic mass is 35.5. The number of nitrogens with one attached hydrogen (secondary N) is 1. The van der Waals surface area contributed by atoms with Gasteiger partial charge in [0, 0.05) is 37.9 Å². The highest BCUT2D eigenvalue weighted by Crippen LogP contribution is 2.27. The maximum Gasteiger partial charge on any atom is 0.229 e. The molecule has 0 aromatic carbocycles. The van der Waals surface area contributed by atoms with Crippen LogP contribution in [0.1, 0.15) is 57.2 Å². The molecule has 0 aliphatic carbocycles. The van der Waals surface area contributed by atoms with Crippen LogP contribution in [0, 0.1) is 0 Å². The smallest absolute Gasteiger partial charge is 0.229 e. The Morgan fingerprint density at radius 1 is 1.45 bits per heavy atom. The Morgan fingerprint density at radius 2 is 2.14 bits per heavy atom. The monoisotopic (exact) mass is 330 g/mol. The highest BCUT2D eigenvalue weighted by molar-refractivity contribution is 5.85. The summed E-state index contributed by atoms with van der Waals surface area (Å²) in [5.74, 6) is 2.05. The van der Waals surface area contributed by atoms with Crippen LogP contribution in [0.3, 0.4) is 0 Å². The predicted molar refractivity (Wildman–Crippen MR) is 87.2 cm³/mol. The van der Waals surface area contributed by atoms with Crippen LogP contribution in [0.15, 0.2) is 4.52 Å². The van der Waals surface area contributed by atoms with Gasteiger partial charge in [0.1, 0.15) is 0 Å². The van der Waals surface area contributed by atoms with Crippen molar-refractivity contribution >= 4 is 18.3 Å². The van der Waals surface area contributed by atoms with Gasteiger partial charge in [0.2, 0.25) is 11.8 Å². The van der Waals surface area contributed by atoms with E-state index in [0.717, 1.165) is 50.5 Å². The number of piperidine rings is 1. The van der Waals surface area contributed by atoms with Crippen molar-refractivity contribution in [3.05, 3.63) is 11.7 Å². The number of carbonyl (C=O) groups excluding carboxylic acids is 1. The fourth-order valence-corrected chi connectivity index (χ4v) is 2.64. The molecule has 0 saturated carbocycles. The lowest BCUT2D eigenvalue weighted by Crippen LogP contribution is -2.37. The Labute approximate surface area is 138 Å². The first-order chi connectivity index (χ1) is 10.1. The Hall–Kier alpha value is -1.14. The number of carbonyl (C=O) groups is 1. The third-order valence-corrected chi connectivity index (χ3v) is 4.13. The topological polar surface area (TPSA) is 71.3 Å². The molecule has 1 aromatic rings. The fourth-order valence-electron chi connectivity index (χ4n) is 2.64. The first-order valence-corrected chi connectivity index (χ1v) is 7.91. The van der Waals surface area contributed by atoms with Crippen LogP contribution in [0.4, 0.5) is 0 Å². The van der Waals surface area contributed by atoms with Crippen LogP contribution in [-0.2, 0) is 11.2 Å². The normalized spacial score (nSPS) is 17.1. The first kappa shape index (κ1) is 18.9. The van der Waals surface area contributed by atoms with E-state index in [2.05, 4.69) is 22.4 Å². The van der Waals surface area contributed by atoms with Gasteiger partial charge < -0.3 is 14.7 Å². The second kappa shape index (κ2) is 9.10. The molecule has 1 aliphatic rings. The largest absolute Gasteiger partial charge is 0.343 e. The van der Waals surface area contributed by atoms with Crippen LogP contribution < -0.4 is 5.32 Å². The van der Waals surface area contributed by atoms with Crippen molar-refractivity contribution in [3.63, 3.8) is 0 Å². The van der Waals surface area contributed by atoms with Gasteiger partial charge in [0.15, 0.2) is 5.82 Å². The molecule has 1 amide bonds. The van der Waals surface area contributed by atoms with Gasteiger partial charge in [-0.3, -0.25) is 4.79 Å². The number of amides is 1. The average Bonchev–Trinajstić information content (AvgIpc) is 2.96. The molecule has 2 heterocycles. The molecule has 1 fully saturated rings. The quantitative estimate of drug-likeness (QED) is 0.865. The van der Waals surface area contributed by atoms with Crippen molar-refractivity contribution in [1.82, 2.24) is 20.4 Å². The van der Waals surface area contributed by atoms with Gasteiger partial charge in [-0.25, -0.2) is 0 Å². The summed E-state index contributed by atoms with van der Waals surface area (Å²) in [5, 5.41) is 7.22. The number of rotatable bonds is 6. The zero-order valence-corrected chi connectivity index (χ0v) is 14.5. The van der Waals surface area contributed by atoms with E-state index in [1.807, 2.05) is 18.9 Å². The van der Waals surface area contributed by atoms with Crippen LogP contribution >= 0.6 is 12.4 Å². The van der Waals surface area contributed by atoms with Crippen molar-refractivity contribution < 1.29 is 9.32 Å². The maximum absolute atomic E-state index is 11.9. The summed E-state index contributed by atoms with van der Waals surface area (Å²) in [7, 11) is 1.93. The van der Waals surface area contributed by atoms with Gasteiger partial charge >= 0.3 is 0 Å². The van der Waals surface area contributed by atoms with Gasteiger partial charge in [-0.15, -0.1) is 12.4 Å². The number of halogens is 1. The summed E-state index contributed by atoms with van der Waals surface area (Å²) in [4.78, 5) is 18.3. The summed E-state index contributed by atoms with van der Waals surface area (Å²) in [6.07, 6.45) is 4.16. The molecule has 1 saturated heterocycles. The summed E-state index contributed by atoms with van der Waals surface area (Å²) < 4.78 is 5.40. The van der Waals surface area contributed by atoms with Crippen molar-refractivity contribution in [2.24, 2.45) is 0 Å². The standard InChI is InChI=1S/C15H26N4O2.ClH/c1-4-5-14(20)19-8-6-12(7-9-19)15-17-13(18-21-15)10-11(2)16-3;/h11-12,16H,4-10H2,1-3H3;1H. The lowest BCUT2D eigenvalue weighted by Gasteiger charge is -2.30. The molecule has 7 heteroatoms.